The SMILES string of the molecule is CCC(C)OC(=O)C(C(=O)O)(C(C)C)C(C)(C)C. The molecular weight excluding hydrogens is 232 g/mol. The van der Waals surface area contributed by atoms with Crippen LogP contribution in [0.4, 0.5) is 0 Å². The fourth-order valence-electron chi connectivity index (χ4n) is 2.42. The second-order valence-corrected chi connectivity index (χ2v) is 6.14. The van der Waals surface area contributed by atoms with Gasteiger partial charge in [0.25, 0.3) is 0 Å². The van der Waals surface area contributed by atoms with Crippen molar-refractivity contribution in [1.82, 2.24) is 0 Å². The van der Waals surface area contributed by atoms with Crippen molar-refractivity contribution < 1.29 is 19.4 Å². The number of carbonyl (C=O) groups excluding carboxylic acids is 1. The number of hydrogen-bond acceptors (Lipinski definition) is 3. The van der Waals surface area contributed by atoms with Crippen LogP contribution in [0, 0.1) is 16.7 Å². The molecular formula is C14H26O4. The van der Waals surface area contributed by atoms with Gasteiger partial charge in [-0.25, -0.2) is 0 Å². The van der Waals surface area contributed by atoms with E-state index in [-0.39, 0.29) is 12.0 Å². The highest BCUT2D eigenvalue weighted by Crippen LogP contribution is 2.46. The Morgan fingerprint density at radius 2 is 1.61 bits per heavy atom. The van der Waals surface area contributed by atoms with Gasteiger partial charge in [-0.3, -0.25) is 9.59 Å². The zero-order valence-electron chi connectivity index (χ0n) is 12.5. The van der Waals surface area contributed by atoms with Crippen LogP contribution < -0.4 is 0 Å². The number of ether oxygens (including phenoxy) is 1. The number of esters is 1. The molecule has 0 heterocycles. The lowest BCUT2D eigenvalue weighted by molar-refractivity contribution is -0.186. The van der Waals surface area contributed by atoms with Crippen molar-refractivity contribution in [3.05, 3.63) is 0 Å². The van der Waals surface area contributed by atoms with Crippen LogP contribution in [0.2, 0.25) is 0 Å². The fraction of sp³-hybridized carbons (Fsp3) is 0.857. The Bertz CT molecular complexity index is 314. The summed E-state index contributed by atoms with van der Waals surface area (Å²) in [5.41, 5.74) is -2.23. The van der Waals surface area contributed by atoms with Gasteiger partial charge >= 0.3 is 11.9 Å². The van der Waals surface area contributed by atoms with Crippen LogP contribution in [0.25, 0.3) is 0 Å². The van der Waals surface area contributed by atoms with Crippen molar-refractivity contribution in [2.45, 2.75) is 61.0 Å². The number of carbonyl (C=O) groups is 2. The van der Waals surface area contributed by atoms with Gasteiger partial charge in [0, 0.05) is 0 Å². The van der Waals surface area contributed by atoms with Crippen molar-refractivity contribution in [2.75, 3.05) is 0 Å². The molecule has 4 nitrogen and oxygen atoms in total. The summed E-state index contributed by atoms with van der Waals surface area (Å²) in [6.45, 7) is 12.5. The van der Waals surface area contributed by atoms with Crippen LogP contribution in [0.15, 0.2) is 0 Å². The molecule has 4 heteroatoms. The minimum absolute atomic E-state index is 0.266. The Labute approximate surface area is 110 Å². The molecule has 1 N–H and O–H groups in total. The number of rotatable bonds is 5. The van der Waals surface area contributed by atoms with Gasteiger partial charge in [0.1, 0.15) is 0 Å². The molecule has 0 radical (unpaired) electrons. The predicted molar refractivity (Wildman–Crippen MR) is 70.2 cm³/mol. The second-order valence-electron chi connectivity index (χ2n) is 6.14. The molecule has 106 valence electrons. The number of hydrogen-bond donors (Lipinski definition) is 1. The summed E-state index contributed by atoms with van der Waals surface area (Å²) >= 11 is 0. The Hall–Kier alpha value is -1.06. The van der Waals surface area contributed by atoms with E-state index in [1.807, 2.05) is 6.92 Å². The smallest absolute Gasteiger partial charge is 0.324 e. The van der Waals surface area contributed by atoms with Crippen molar-refractivity contribution in [1.29, 1.82) is 0 Å². The Kier molecular flexibility index (Phi) is 5.38. The summed E-state index contributed by atoms with van der Waals surface area (Å²) in [4.78, 5) is 24.1. The summed E-state index contributed by atoms with van der Waals surface area (Å²) < 4.78 is 5.29. The minimum atomic E-state index is -1.52. The second kappa shape index (κ2) is 5.72. The normalized spacial score (nSPS) is 17.1. The third-order valence-electron chi connectivity index (χ3n) is 3.59. The van der Waals surface area contributed by atoms with Crippen LogP contribution in [-0.2, 0) is 14.3 Å². The molecule has 0 saturated heterocycles. The van der Waals surface area contributed by atoms with Gasteiger partial charge in [-0.1, -0.05) is 41.5 Å². The van der Waals surface area contributed by atoms with Gasteiger partial charge in [-0.15, -0.1) is 0 Å². The molecule has 0 aliphatic rings. The maximum Gasteiger partial charge on any atom is 0.324 e. The Balaban J connectivity index is 5.61. The van der Waals surface area contributed by atoms with Crippen LogP contribution in [-0.4, -0.2) is 23.1 Å². The molecule has 0 amide bonds. The standard InChI is InChI=1S/C14H26O4/c1-8-10(4)18-12(17)14(9(2)3,11(15)16)13(5,6)7/h9-10H,8H2,1-7H3,(H,15,16). The van der Waals surface area contributed by atoms with E-state index in [0.717, 1.165) is 0 Å². The van der Waals surface area contributed by atoms with Gasteiger partial charge in [0.05, 0.1) is 6.10 Å². The highest BCUT2D eigenvalue weighted by Gasteiger charge is 2.58. The molecule has 0 aliphatic carbocycles. The van der Waals surface area contributed by atoms with Gasteiger partial charge in [0.15, 0.2) is 5.41 Å². The average molecular weight is 258 g/mol. The van der Waals surface area contributed by atoms with E-state index in [2.05, 4.69) is 0 Å². The number of carboxylic acid groups (broad SMARTS) is 1. The molecule has 0 aliphatic heterocycles. The number of aliphatic carboxylic acids is 1. The van der Waals surface area contributed by atoms with E-state index < -0.39 is 22.8 Å². The topological polar surface area (TPSA) is 63.6 Å². The number of carboxylic acids is 1. The largest absolute Gasteiger partial charge is 0.480 e. The van der Waals surface area contributed by atoms with Gasteiger partial charge in [-0.2, -0.15) is 0 Å². The molecule has 2 atom stereocenters. The van der Waals surface area contributed by atoms with Gasteiger partial charge in [-0.05, 0) is 24.7 Å². The molecule has 2 unspecified atom stereocenters. The molecule has 18 heavy (non-hydrogen) atoms. The van der Waals surface area contributed by atoms with Crippen molar-refractivity contribution in [2.24, 2.45) is 16.7 Å². The van der Waals surface area contributed by atoms with E-state index in [1.54, 1.807) is 41.5 Å². The van der Waals surface area contributed by atoms with Gasteiger partial charge < -0.3 is 9.84 Å². The van der Waals surface area contributed by atoms with E-state index in [1.165, 1.54) is 0 Å². The maximum atomic E-state index is 12.4. The minimum Gasteiger partial charge on any atom is -0.480 e. The first-order valence-corrected chi connectivity index (χ1v) is 6.46. The van der Waals surface area contributed by atoms with E-state index in [4.69, 9.17) is 4.74 Å². The summed E-state index contributed by atoms with van der Waals surface area (Å²) in [6.07, 6.45) is 0.404. The van der Waals surface area contributed by atoms with Crippen molar-refractivity contribution in [3.8, 4) is 0 Å². The van der Waals surface area contributed by atoms with Crippen LogP contribution in [0.3, 0.4) is 0 Å². The molecule has 0 aromatic rings. The average Bonchev–Trinajstić information content (AvgIpc) is 2.14. The third-order valence-corrected chi connectivity index (χ3v) is 3.59. The summed E-state index contributed by atoms with van der Waals surface area (Å²) in [7, 11) is 0. The molecule has 0 saturated carbocycles. The summed E-state index contributed by atoms with van der Waals surface area (Å²) in [5, 5.41) is 9.58. The zero-order valence-corrected chi connectivity index (χ0v) is 12.5. The summed E-state index contributed by atoms with van der Waals surface area (Å²) in [6, 6.07) is 0. The van der Waals surface area contributed by atoms with Crippen LogP contribution in [0.5, 0.6) is 0 Å². The lowest BCUT2D eigenvalue weighted by Crippen LogP contribution is -2.54. The first-order valence-electron chi connectivity index (χ1n) is 6.46. The van der Waals surface area contributed by atoms with E-state index in [0.29, 0.717) is 6.42 Å². The molecule has 0 spiro atoms. The third kappa shape index (κ3) is 2.85. The highest BCUT2D eigenvalue weighted by molar-refractivity contribution is 6.00. The predicted octanol–water partition coefficient (Wildman–Crippen LogP) is 3.10. The Morgan fingerprint density at radius 3 is 1.83 bits per heavy atom. The van der Waals surface area contributed by atoms with E-state index in [9.17, 15) is 14.7 Å². The lowest BCUT2D eigenvalue weighted by atomic mass is 9.60. The fourth-order valence-corrected chi connectivity index (χ4v) is 2.42. The van der Waals surface area contributed by atoms with Gasteiger partial charge in [0.2, 0.25) is 0 Å². The molecule has 0 aromatic carbocycles. The summed E-state index contributed by atoms with van der Waals surface area (Å²) in [5.74, 6) is -2.09. The zero-order chi connectivity index (χ0) is 14.7. The molecule has 0 bridgehead atoms. The lowest BCUT2D eigenvalue weighted by Gasteiger charge is -2.42. The van der Waals surface area contributed by atoms with Crippen LogP contribution in [0.1, 0.15) is 54.9 Å². The van der Waals surface area contributed by atoms with Crippen molar-refractivity contribution >= 4 is 11.9 Å². The molecule has 0 aromatic heterocycles. The highest BCUT2D eigenvalue weighted by atomic mass is 16.5. The maximum absolute atomic E-state index is 12.4. The first-order chi connectivity index (χ1) is 8.01. The monoisotopic (exact) mass is 258 g/mol. The Morgan fingerprint density at radius 1 is 1.17 bits per heavy atom. The molecule has 0 fully saturated rings. The van der Waals surface area contributed by atoms with Crippen molar-refractivity contribution in [3.63, 3.8) is 0 Å². The van der Waals surface area contributed by atoms with Crippen LogP contribution >= 0.6 is 0 Å². The van der Waals surface area contributed by atoms with E-state index >= 15 is 0 Å². The molecule has 0 rings (SSSR count). The quantitative estimate of drug-likeness (QED) is 0.608. The first kappa shape index (κ1) is 16.9.